The fourth-order valence-corrected chi connectivity index (χ4v) is 2.50. The molecule has 2 heterocycles. The fourth-order valence-electron chi connectivity index (χ4n) is 2.24. The van der Waals surface area contributed by atoms with Crippen molar-refractivity contribution < 1.29 is 14.1 Å². The topological polar surface area (TPSA) is 80.5 Å². The Kier molecular flexibility index (Phi) is 4.39. The van der Waals surface area contributed by atoms with Crippen LogP contribution >= 0.6 is 15.9 Å². The predicted octanol–water partition coefficient (Wildman–Crippen LogP) is 2.75. The second kappa shape index (κ2) is 6.45. The molecule has 0 unspecified atom stereocenters. The van der Waals surface area contributed by atoms with E-state index in [1.165, 1.54) is 0 Å². The van der Waals surface area contributed by atoms with Crippen LogP contribution in [0.1, 0.15) is 17.8 Å². The highest BCUT2D eigenvalue weighted by atomic mass is 79.9. The summed E-state index contributed by atoms with van der Waals surface area (Å²) in [6.45, 7) is 3.03. The second-order valence-electron chi connectivity index (χ2n) is 4.89. The first-order valence-corrected chi connectivity index (χ1v) is 7.64. The molecule has 1 aliphatic rings. The number of aromatic nitrogens is 2. The summed E-state index contributed by atoms with van der Waals surface area (Å²) in [6, 6.07) is 6.84. The third kappa shape index (κ3) is 3.28. The minimum atomic E-state index is -0.346. The van der Waals surface area contributed by atoms with Crippen LogP contribution < -0.4 is 5.32 Å². The molecule has 2 amide bonds. The molecule has 1 atom stereocenters. The lowest BCUT2D eigenvalue weighted by Crippen LogP contribution is -2.45. The normalized spacial score (nSPS) is 18.3. The van der Waals surface area contributed by atoms with Crippen LogP contribution in [0.2, 0.25) is 0 Å². The number of ether oxygens (including phenoxy) is 1. The number of morpholine rings is 1. The number of amides is 2. The Morgan fingerprint density at radius 2 is 2.18 bits per heavy atom. The quantitative estimate of drug-likeness (QED) is 0.883. The lowest BCUT2D eigenvalue weighted by molar-refractivity contribution is 0.0110. The van der Waals surface area contributed by atoms with Crippen LogP contribution in [0.5, 0.6) is 0 Å². The Morgan fingerprint density at radius 3 is 2.86 bits per heavy atom. The van der Waals surface area contributed by atoms with Crippen LogP contribution in [0.3, 0.4) is 0 Å². The minimum absolute atomic E-state index is 0.210. The van der Waals surface area contributed by atoms with Crippen molar-refractivity contribution in [2.24, 2.45) is 0 Å². The summed E-state index contributed by atoms with van der Waals surface area (Å²) in [6.07, 6.45) is 0. The van der Waals surface area contributed by atoms with Gasteiger partial charge in [-0.2, -0.15) is 4.98 Å². The van der Waals surface area contributed by atoms with Crippen LogP contribution in [0.25, 0.3) is 0 Å². The van der Waals surface area contributed by atoms with Gasteiger partial charge in [0.2, 0.25) is 5.89 Å². The van der Waals surface area contributed by atoms with Crippen LogP contribution in [0.4, 0.5) is 10.5 Å². The van der Waals surface area contributed by atoms with E-state index in [2.05, 4.69) is 31.4 Å². The van der Waals surface area contributed by atoms with E-state index < -0.39 is 0 Å². The molecule has 8 heteroatoms. The second-order valence-corrected chi connectivity index (χ2v) is 5.81. The van der Waals surface area contributed by atoms with Crippen molar-refractivity contribution in [1.82, 2.24) is 15.0 Å². The Bertz CT molecular complexity index is 658. The molecule has 0 radical (unpaired) electrons. The van der Waals surface area contributed by atoms with Gasteiger partial charge in [0.15, 0.2) is 5.82 Å². The number of benzene rings is 1. The molecule has 116 valence electrons. The zero-order valence-electron chi connectivity index (χ0n) is 12.0. The fraction of sp³-hybridized carbons (Fsp3) is 0.357. The van der Waals surface area contributed by atoms with Gasteiger partial charge in [0.25, 0.3) is 0 Å². The lowest BCUT2D eigenvalue weighted by Gasteiger charge is -2.33. The van der Waals surface area contributed by atoms with Crippen molar-refractivity contribution in [3.8, 4) is 0 Å². The highest BCUT2D eigenvalue weighted by Crippen LogP contribution is 2.23. The molecule has 0 bridgehead atoms. The number of halogens is 1. The van der Waals surface area contributed by atoms with Gasteiger partial charge in [0.05, 0.1) is 13.2 Å². The van der Waals surface area contributed by atoms with Gasteiger partial charge in [-0.3, -0.25) is 0 Å². The molecule has 0 aliphatic carbocycles. The van der Waals surface area contributed by atoms with Crippen LogP contribution in [-0.2, 0) is 4.74 Å². The first kappa shape index (κ1) is 15.0. The summed E-state index contributed by atoms with van der Waals surface area (Å²) < 4.78 is 11.4. The summed E-state index contributed by atoms with van der Waals surface area (Å²) in [5.74, 6) is 0.928. The van der Waals surface area contributed by atoms with E-state index in [0.717, 1.165) is 10.2 Å². The van der Waals surface area contributed by atoms with Gasteiger partial charge in [0.1, 0.15) is 6.04 Å². The van der Waals surface area contributed by atoms with Gasteiger partial charge in [-0.25, -0.2) is 4.79 Å². The van der Waals surface area contributed by atoms with Gasteiger partial charge in [-0.15, -0.1) is 0 Å². The number of aryl methyl sites for hydroxylation is 1. The maximum Gasteiger partial charge on any atom is 0.322 e. The van der Waals surface area contributed by atoms with E-state index in [1.54, 1.807) is 11.8 Å². The Balaban J connectivity index is 1.75. The van der Waals surface area contributed by atoms with E-state index in [4.69, 9.17) is 9.26 Å². The molecular formula is C14H15BrN4O3. The van der Waals surface area contributed by atoms with Crippen molar-refractivity contribution in [1.29, 1.82) is 0 Å². The first-order chi connectivity index (χ1) is 10.6. The molecule has 1 N–H and O–H groups in total. The molecule has 1 aromatic heterocycles. The van der Waals surface area contributed by atoms with Crippen LogP contribution in [0, 0.1) is 6.92 Å². The van der Waals surface area contributed by atoms with Gasteiger partial charge in [0, 0.05) is 23.6 Å². The Labute approximate surface area is 135 Å². The third-order valence-electron chi connectivity index (χ3n) is 3.33. The van der Waals surface area contributed by atoms with Crippen molar-refractivity contribution >= 4 is 27.6 Å². The first-order valence-electron chi connectivity index (χ1n) is 6.84. The highest BCUT2D eigenvalue weighted by molar-refractivity contribution is 9.10. The highest BCUT2D eigenvalue weighted by Gasteiger charge is 2.32. The zero-order valence-corrected chi connectivity index (χ0v) is 13.5. The molecule has 1 aliphatic heterocycles. The minimum Gasteiger partial charge on any atom is -0.377 e. The summed E-state index contributed by atoms with van der Waals surface area (Å²) >= 11 is 3.36. The summed E-state index contributed by atoms with van der Waals surface area (Å²) in [5.41, 5.74) is 0.725. The molecule has 1 aromatic carbocycles. The number of nitrogens with zero attached hydrogens (tertiary/aromatic N) is 3. The summed E-state index contributed by atoms with van der Waals surface area (Å²) in [4.78, 5) is 18.4. The van der Waals surface area contributed by atoms with Crippen molar-refractivity contribution in [3.05, 3.63) is 40.5 Å². The smallest absolute Gasteiger partial charge is 0.322 e. The van der Waals surface area contributed by atoms with Gasteiger partial charge in [-0.05, 0) is 24.3 Å². The van der Waals surface area contributed by atoms with Crippen LogP contribution in [0.15, 0.2) is 33.3 Å². The maximum absolute atomic E-state index is 12.5. The van der Waals surface area contributed by atoms with Crippen molar-refractivity contribution in [2.75, 3.05) is 25.1 Å². The molecule has 1 fully saturated rings. The van der Waals surface area contributed by atoms with E-state index in [0.29, 0.717) is 31.5 Å². The number of hydrogen-bond donors (Lipinski definition) is 1. The van der Waals surface area contributed by atoms with Crippen molar-refractivity contribution in [3.63, 3.8) is 0 Å². The number of urea groups is 1. The van der Waals surface area contributed by atoms with E-state index in [9.17, 15) is 4.79 Å². The van der Waals surface area contributed by atoms with E-state index >= 15 is 0 Å². The largest absolute Gasteiger partial charge is 0.377 e. The van der Waals surface area contributed by atoms with Gasteiger partial charge >= 0.3 is 6.03 Å². The molecule has 22 heavy (non-hydrogen) atoms. The van der Waals surface area contributed by atoms with Crippen molar-refractivity contribution in [2.45, 2.75) is 13.0 Å². The monoisotopic (exact) mass is 366 g/mol. The van der Waals surface area contributed by atoms with Gasteiger partial charge < -0.3 is 19.5 Å². The average Bonchev–Trinajstić information content (AvgIpc) is 2.96. The molecular weight excluding hydrogens is 352 g/mol. The summed E-state index contributed by atoms with van der Waals surface area (Å²) in [5, 5.41) is 6.77. The number of rotatable bonds is 2. The Hall–Kier alpha value is -1.93. The summed E-state index contributed by atoms with van der Waals surface area (Å²) in [7, 11) is 0. The lowest BCUT2D eigenvalue weighted by atomic mass is 10.2. The third-order valence-corrected chi connectivity index (χ3v) is 3.85. The van der Waals surface area contributed by atoms with Gasteiger partial charge in [-0.1, -0.05) is 21.1 Å². The maximum atomic E-state index is 12.5. The number of carbonyl (C=O) groups excluding carboxylic acids is 1. The van der Waals surface area contributed by atoms with Crippen LogP contribution in [-0.4, -0.2) is 40.8 Å². The SMILES string of the molecule is Cc1nc([C@H]2COCCN2C(=O)Nc2ccc(Br)cc2)no1. The molecule has 2 aromatic rings. The van der Waals surface area contributed by atoms with E-state index in [-0.39, 0.29) is 12.1 Å². The molecule has 0 spiro atoms. The molecule has 3 rings (SSSR count). The number of carbonyl (C=O) groups is 1. The number of nitrogens with one attached hydrogen (secondary N) is 1. The predicted molar refractivity (Wildman–Crippen MR) is 82.5 cm³/mol. The number of anilines is 1. The zero-order chi connectivity index (χ0) is 15.5. The molecule has 7 nitrogen and oxygen atoms in total. The molecule has 1 saturated heterocycles. The standard InChI is InChI=1S/C14H15BrN4O3/c1-9-16-13(18-22-9)12-8-21-7-6-19(12)14(20)17-11-4-2-10(15)3-5-11/h2-5,12H,6-8H2,1H3,(H,17,20)/t12-/m1/s1. The number of hydrogen-bond acceptors (Lipinski definition) is 5. The molecule has 0 saturated carbocycles. The average molecular weight is 367 g/mol. The van der Waals surface area contributed by atoms with E-state index in [1.807, 2.05) is 24.3 Å². The Morgan fingerprint density at radius 1 is 1.41 bits per heavy atom.